The molecular weight excluding hydrogens is 369 g/mol. The molecule has 0 radical (unpaired) electrons. The number of rotatable bonds is 2. The second kappa shape index (κ2) is 6.90. The number of ketones is 1. The third-order valence-electron chi connectivity index (χ3n) is 5.05. The number of benzene rings is 2. The van der Waals surface area contributed by atoms with Crippen LogP contribution in [-0.2, 0) is 9.59 Å². The van der Waals surface area contributed by atoms with Crippen LogP contribution in [0.15, 0.2) is 59.8 Å². The number of para-hydroxylation sites is 1. The Balaban J connectivity index is 1.90. The standard InChI is InChI=1S/C21H17Cl2NO2/c22-16-9-4-8-14(21(16)23)15-12-19(26)24(13-6-2-1-3-7-13)17-10-5-11-18(25)20(15)17/h1-4,6-9,15H,5,10-12H2/t15-/m1/s1. The number of carbonyl (C=O) groups is 2. The van der Waals surface area contributed by atoms with E-state index < -0.39 is 0 Å². The largest absolute Gasteiger partial charge is 0.294 e. The molecule has 0 bridgehead atoms. The number of carbonyl (C=O) groups excluding carboxylic acids is 2. The lowest BCUT2D eigenvalue weighted by Gasteiger charge is -2.38. The Labute approximate surface area is 162 Å². The van der Waals surface area contributed by atoms with Gasteiger partial charge in [-0.3, -0.25) is 14.5 Å². The van der Waals surface area contributed by atoms with Crippen LogP contribution < -0.4 is 4.90 Å². The topological polar surface area (TPSA) is 37.4 Å². The van der Waals surface area contributed by atoms with Gasteiger partial charge in [0.1, 0.15) is 0 Å². The molecule has 0 unspecified atom stereocenters. The Kier molecular flexibility index (Phi) is 4.60. The van der Waals surface area contributed by atoms with E-state index in [4.69, 9.17) is 23.2 Å². The molecule has 1 amide bonds. The second-order valence-electron chi connectivity index (χ2n) is 6.60. The Bertz CT molecular complexity index is 921. The molecule has 1 aliphatic heterocycles. The predicted molar refractivity (Wildman–Crippen MR) is 104 cm³/mol. The van der Waals surface area contributed by atoms with Gasteiger partial charge in [-0.05, 0) is 36.6 Å². The van der Waals surface area contributed by atoms with Gasteiger partial charge in [-0.2, -0.15) is 0 Å². The van der Waals surface area contributed by atoms with Crippen molar-refractivity contribution in [1.29, 1.82) is 0 Å². The van der Waals surface area contributed by atoms with Gasteiger partial charge in [0.15, 0.2) is 5.78 Å². The minimum absolute atomic E-state index is 0.0225. The number of hydrogen-bond acceptors (Lipinski definition) is 2. The Morgan fingerprint density at radius 3 is 2.46 bits per heavy atom. The van der Waals surface area contributed by atoms with Crippen LogP contribution in [0.2, 0.25) is 10.0 Å². The predicted octanol–water partition coefficient (Wildman–Crippen LogP) is 5.52. The lowest BCUT2D eigenvalue weighted by atomic mass is 9.77. The van der Waals surface area contributed by atoms with Gasteiger partial charge in [-0.15, -0.1) is 0 Å². The zero-order valence-corrected chi connectivity index (χ0v) is 15.6. The molecule has 0 fully saturated rings. The van der Waals surface area contributed by atoms with Crippen molar-refractivity contribution < 1.29 is 9.59 Å². The molecule has 26 heavy (non-hydrogen) atoms. The molecule has 132 valence electrons. The van der Waals surface area contributed by atoms with Crippen LogP contribution in [0.3, 0.4) is 0 Å². The van der Waals surface area contributed by atoms with Gasteiger partial charge in [0.05, 0.1) is 10.0 Å². The van der Waals surface area contributed by atoms with E-state index in [0.29, 0.717) is 28.5 Å². The summed E-state index contributed by atoms with van der Waals surface area (Å²) in [7, 11) is 0. The van der Waals surface area contributed by atoms with Gasteiger partial charge in [-0.1, -0.05) is 53.5 Å². The van der Waals surface area contributed by atoms with Crippen molar-refractivity contribution in [3.8, 4) is 0 Å². The van der Waals surface area contributed by atoms with Crippen molar-refractivity contribution in [2.45, 2.75) is 31.6 Å². The van der Waals surface area contributed by atoms with Crippen molar-refractivity contribution in [3.63, 3.8) is 0 Å². The number of Topliss-reactive ketones (excluding diaryl/α,β-unsaturated/α-hetero) is 1. The van der Waals surface area contributed by atoms with E-state index in [9.17, 15) is 9.59 Å². The summed E-state index contributed by atoms with van der Waals surface area (Å²) in [4.78, 5) is 27.6. The SMILES string of the molecule is O=C1CCCC2=C1[C@@H](c1cccc(Cl)c1Cl)CC(=O)N2c1ccccc1. The maximum Gasteiger partial charge on any atom is 0.232 e. The summed E-state index contributed by atoms with van der Waals surface area (Å²) in [5.41, 5.74) is 3.08. The van der Waals surface area contributed by atoms with Crippen LogP contribution >= 0.6 is 23.2 Å². The van der Waals surface area contributed by atoms with Crippen molar-refractivity contribution >= 4 is 40.6 Å². The molecule has 0 spiro atoms. The van der Waals surface area contributed by atoms with Crippen molar-refractivity contribution in [2.75, 3.05) is 4.90 Å². The van der Waals surface area contributed by atoms with E-state index in [-0.39, 0.29) is 24.0 Å². The molecule has 2 aromatic rings. The average molecular weight is 386 g/mol. The summed E-state index contributed by atoms with van der Waals surface area (Å²) in [6.07, 6.45) is 2.17. The molecule has 0 N–H and O–H groups in total. The van der Waals surface area contributed by atoms with Gasteiger partial charge in [-0.25, -0.2) is 0 Å². The van der Waals surface area contributed by atoms with Crippen LogP contribution in [-0.4, -0.2) is 11.7 Å². The van der Waals surface area contributed by atoms with E-state index in [1.807, 2.05) is 42.5 Å². The maximum absolute atomic E-state index is 13.0. The fourth-order valence-electron chi connectivity index (χ4n) is 3.92. The highest BCUT2D eigenvalue weighted by Crippen LogP contribution is 2.45. The van der Waals surface area contributed by atoms with E-state index in [0.717, 1.165) is 23.4 Å². The lowest BCUT2D eigenvalue weighted by molar-refractivity contribution is -0.119. The minimum atomic E-state index is -0.337. The molecule has 0 saturated heterocycles. The zero-order valence-electron chi connectivity index (χ0n) is 14.0. The quantitative estimate of drug-likeness (QED) is 0.682. The van der Waals surface area contributed by atoms with Gasteiger partial charge < -0.3 is 0 Å². The lowest BCUT2D eigenvalue weighted by Crippen LogP contribution is -2.40. The van der Waals surface area contributed by atoms with Gasteiger partial charge >= 0.3 is 0 Å². The number of halogens is 2. The first kappa shape index (κ1) is 17.3. The van der Waals surface area contributed by atoms with Crippen LogP contribution in [0.5, 0.6) is 0 Å². The zero-order chi connectivity index (χ0) is 18.3. The van der Waals surface area contributed by atoms with Gasteiger partial charge in [0, 0.05) is 35.7 Å². The molecule has 0 saturated carbocycles. The fourth-order valence-corrected chi connectivity index (χ4v) is 4.36. The van der Waals surface area contributed by atoms with E-state index >= 15 is 0 Å². The summed E-state index contributed by atoms with van der Waals surface area (Å²) in [6.45, 7) is 0. The Morgan fingerprint density at radius 2 is 1.69 bits per heavy atom. The smallest absolute Gasteiger partial charge is 0.232 e. The number of allylic oxidation sites excluding steroid dienone is 2. The monoisotopic (exact) mass is 385 g/mol. The minimum Gasteiger partial charge on any atom is -0.294 e. The number of hydrogen-bond donors (Lipinski definition) is 0. The first-order valence-corrected chi connectivity index (χ1v) is 9.41. The van der Waals surface area contributed by atoms with Gasteiger partial charge in [0.25, 0.3) is 0 Å². The Hall–Kier alpha value is -2.10. The molecule has 4 rings (SSSR count). The third-order valence-corrected chi connectivity index (χ3v) is 5.88. The normalized spacial score (nSPS) is 20.4. The van der Waals surface area contributed by atoms with Gasteiger partial charge in [0.2, 0.25) is 5.91 Å². The van der Waals surface area contributed by atoms with E-state index in [1.165, 1.54) is 0 Å². The highest BCUT2D eigenvalue weighted by Gasteiger charge is 2.40. The highest BCUT2D eigenvalue weighted by atomic mass is 35.5. The van der Waals surface area contributed by atoms with Crippen molar-refractivity contribution in [1.82, 2.24) is 0 Å². The average Bonchev–Trinajstić information content (AvgIpc) is 2.64. The first-order valence-electron chi connectivity index (χ1n) is 8.66. The molecule has 2 aliphatic rings. The van der Waals surface area contributed by atoms with E-state index in [2.05, 4.69) is 0 Å². The third kappa shape index (κ3) is 2.85. The summed E-state index contributed by atoms with van der Waals surface area (Å²) in [6, 6.07) is 14.9. The summed E-state index contributed by atoms with van der Waals surface area (Å²) in [5.74, 6) is -0.261. The molecule has 3 nitrogen and oxygen atoms in total. The van der Waals surface area contributed by atoms with Crippen molar-refractivity contribution in [3.05, 3.63) is 75.4 Å². The molecule has 1 aliphatic carbocycles. The van der Waals surface area contributed by atoms with E-state index in [1.54, 1.807) is 11.0 Å². The molecule has 5 heteroatoms. The molecule has 1 atom stereocenters. The number of amides is 1. The first-order chi connectivity index (χ1) is 12.6. The van der Waals surface area contributed by atoms with Crippen LogP contribution in [0, 0.1) is 0 Å². The van der Waals surface area contributed by atoms with Crippen molar-refractivity contribution in [2.24, 2.45) is 0 Å². The van der Waals surface area contributed by atoms with Crippen LogP contribution in [0.1, 0.15) is 37.2 Å². The number of anilines is 1. The Morgan fingerprint density at radius 1 is 0.923 bits per heavy atom. The van der Waals surface area contributed by atoms with Crippen LogP contribution in [0.4, 0.5) is 5.69 Å². The molecular formula is C21H17Cl2NO2. The van der Waals surface area contributed by atoms with Crippen LogP contribution in [0.25, 0.3) is 0 Å². The second-order valence-corrected chi connectivity index (χ2v) is 7.39. The number of nitrogens with zero attached hydrogens (tertiary/aromatic N) is 1. The summed E-state index contributed by atoms with van der Waals surface area (Å²) < 4.78 is 0. The molecule has 2 aromatic carbocycles. The highest BCUT2D eigenvalue weighted by molar-refractivity contribution is 6.42. The summed E-state index contributed by atoms with van der Waals surface area (Å²) >= 11 is 12.6. The summed E-state index contributed by atoms with van der Waals surface area (Å²) in [5, 5.41) is 0.859. The molecule has 1 heterocycles. The molecule has 0 aromatic heterocycles. The maximum atomic E-state index is 13.0. The fraction of sp³-hybridized carbons (Fsp3) is 0.238.